The molecule has 3 N–H and O–H groups in total. The molecular weight excluding hydrogens is 470 g/mol. The molecule has 4 aromatic rings. The van der Waals surface area contributed by atoms with Crippen LogP contribution in [0.2, 0.25) is 0 Å². The maximum absolute atomic E-state index is 13.1. The van der Waals surface area contributed by atoms with Gasteiger partial charge in [-0.2, -0.15) is 11.8 Å². The van der Waals surface area contributed by atoms with Crippen molar-refractivity contribution in [1.82, 2.24) is 19.4 Å². The predicted octanol–water partition coefficient (Wildman–Crippen LogP) is 4.75. The molecule has 7 nitrogen and oxygen atoms in total. The van der Waals surface area contributed by atoms with Crippen LogP contribution in [0, 0.1) is 5.41 Å². The van der Waals surface area contributed by atoms with E-state index in [1.807, 2.05) is 38.2 Å². The minimum Gasteiger partial charge on any atom is -0.388 e. The molecule has 36 heavy (non-hydrogen) atoms. The molecule has 1 aromatic carbocycles. The highest BCUT2D eigenvalue weighted by Crippen LogP contribution is 2.35. The zero-order valence-electron chi connectivity index (χ0n) is 21.2. The van der Waals surface area contributed by atoms with Gasteiger partial charge in [-0.15, -0.1) is 0 Å². The summed E-state index contributed by atoms with van der Waals surface area (Å²) in [6.07, 6.45) is 8.74. The molecule has 0 spiro atoms. The number of benzene rings is 1. The fourth-order valence-electron chi connectivity index (χ4n) is 4.24. The van der Waals surface area contributed by atoms with Crippen LogP contribution >= 0.6 is 11.8 Å². The molecule has 0 atom stereocenters. The van der Waals surface area contributed by atoms with Crippen molar-refractivity contribution in [2.24, 2.45) is 14.1 Å². The number of aryl methyl sites for hydroxylation is 2. The van der Waals surface area contributed by atoms with Crippen LogP contribution < -0.4 is 16.4 Å². The number of H-pyrrole nitrogens is 1. The third kappa shape index (κ3) is 4.95. The van der Waals surface area contributed by atoms with Crippen LogP contribution in [0.25, 0.3) is 38.7 Å². The van der Waals surface area contributed by atoms with Gasteiger partial charge in [-0.25, -0.2) is 0 Å². The van der Waals surface area contributed by atoms with Crippen molar-refractivity contribution in [1.29, 1.82) is 5.41 Å². The Morgan fingerprint density at radius 3 is 2.53 bits per heavy atom. The lowest BCUT2D eigenvalue weighted by atomic mass is 9.94. The molecule has 3 heterocycles. The number of aromatic nitrogens is 3. The van der Waals surface area contributed by atoms with Gasteiger partial charge >= 0.3 is 0 Å². The lowest BCUT2D eigenvalue weighted by molar-refractivity contribution is 0.704. The van der Waals surface area contributed by atoms with Crippen LogP contribution in [-0.2, 0) is 19.8 Å². The SMILES string of the molecule is CSCc1cccc(-c2cn(C)c(=O)cc2-c2cn(C)c(=O)c3[nH]c(/C(C=N)=C/NC(C)C)cc23)c1. The number of fused-ring (bicyclic) bond motifs is 1. The molecule has 4 rings (SSSR count). The Bertz CT molecular complexity index is 1590. The third-order valence-corrected chi connectivity index (χ3v) is 6.69. The van der Waals surface area contributed by atoms with Gasteiger partial charge in [0.1, 0.15) is 5.52 Å². The van der Waals surface area contributed by atoms with Crippen LogP contribution in [0.1, 0.15) is 25.1 Å². The Morgan fingerprint density at radius 2 is 1.83 bits per heavy atom. The van der Waals surface area contributed by atoms with E-state index in [1.165, 1.54) is 16.3 Å². The minimum absolute atomic E-state index is 0.131. The second-order valence-electron chi connectivity index (χ2n) is 9.18. The lowest BCUT2D eigenvalue weighted by Gasteiger charge is -2.14. The number of rotatable bonds is 8. The van der Waals surface area contributed by atoms with Crippen molar-refractivity contribution in [3.63, 3.8) is 0 Å². The molecular formula is C28H31N5O2S. The number of hydrogen-bond acceptors (Lipinski definition) is 5. The summed E-state index contributed by atoms with van der Waals surface area (Å²) >= 11 is 1.76. The van der Waals surface area contributed by atoms with Crippen LogP contribution in [0.4, 0.5) is 0 Å². The molecule has 3 aromatic heterocycles. The average Bonchev–Trinajstić information content (AvgIpc) is 3.29. The largest absolute Gasteiger partial charge is 0.388 e. The Kier molecular flexibility index (Phi) is 7.35. The number of hydrogen-bond donors (Lipinski definition) is 3. The quantitative estimate of drug-likeness (QED) is 0.304. The summed E-state index contributed by atoms with van der Waals surface area (Å²) in [4.78, 5) is 29.1. The minimum atomic E-state index is -0.173. The number of aromatic amines is 1. The molecule has 0 saturated carbocycles. The van der Waals surface area contributed by atoms with E-state index in [4.69, 9.17) is 5.41 Å². The highest BCUT2D eigenvalue weighted by molar-refractivity contribution is 7.97. The van der Waals surface area contributed by atoms with E-state index in [2.05, 4.69) is 28.7 Å². The molecule has 0 aliphatic heterocycles. The second-order valence-corrected chi connectivity index (χ2v) is 10.0. The highest BCUT2D eigenvalue weighted by atomic mass is 32.2. The molecule has 0 unspecified atom stereocenters. The van der Waals surface area contributed by atoms with E-state index in [1.54, 1.807) is 48.9 Å². The van der Waals surface area contributed by atoms with Gasteiger partial charge in [-0.05, 0) is 42.9 Å². The summed E-state index contributed by atoms with van der Waals surface area (Å²) in [5.41, 5.74) is 6.06. The summed E-state index contributed by atoms with van der Waals surface area (Å²) in [6, 6.07) is 12.0. The van der Waals surface area contributed by atoms with Crippen molar-refractivity contribution < 1.29 is 0 Å². The number of thioether (sulfide) groups is 1. The Labute approximate surface area is 214 Å². The van der Waals surface area contributed by atoms with Gasteiger partial charge in [0.05, 0.1) is 0 Å². The fourth-order valence-corrected chi connectivity index (χ4v) is 4.75. The molecule has 0 fully saturated rings. The van der Waals surface area contributed by atoms with Gasteiger partial charge in [0.2, 0.25) is 0 Å². The summed E-state index contributed by atoms with van der Waals surface area (Å²) in [5, 5.41) is 11.8. The second kappa shape index (κ2) is 10.5. The summed E-state index contributed by atoms with van der Waals surface area (Å²) in [6.45, 7) is 4.03. The standard InChI is InChI=1S/C28H31N5O2S/c1-17(2)30-13-20(12-29)25-10-22-24(15-33(4)28(35)27(22)31-25)21-11-26(34)32(3)14-23(21)19-8-6-7-18(9-19)16-36-5/h6-15,17,29-31H,16H2,1-5H3/b20-13+,29-12?. The number of pyridine rings is 2. The zero-order valence-corrected chi connectivity index (χ0v) is 22.0. The Hall–Kier alpha value is -3.78. The summed E-state index contributed by atoms with van der Waals surface area (Å²) < 4.78 is 3.11. The Balaban J connectivity index is 2.01. The van der Waals surface area contributed by atoms with Crippen molar-refractivity contribution in [2.45, 2.75) is 25.6 Å². The molecule has 0 aliphatic rings. The topological polar surface area (TPSA) is 95.7 Å². The first-order chi connectivity index (χ1) is 17.2. The van der Waals surface area contributed by atoms with E-state index in [0.29, 0.717) is 22.2 Å². The number of nitrogens with zero attached hydrogens (tertiary/aromatic N) is 2. The first-order valence-electron chi connectivity index (χ1n) is 11.7. The monoisotopic (exact) mass is 501 g/mol. The predicted molar refractivity (Wildman–Crippen MR) is 152 cm³/mol. The highest BCUT2D eigenvalue weighted by Gasteiger charge is 2.18. The van der Waals surface area contributed by atoms with Gasteiger partial charge in [0.15, 0.2) is 0 Å². The van der Waals surface area contributed by atoms with Crippen LogP contribution in [0.3, 0.4) is 0 Å². The third-order valence-electron chi connectivity index (χ3n) is 6.07. The van der Waals surface area contributed by atoms with E-state index >= 15 is 0 Å². The molecule has 0 aliphatic carbocycles. The van der Waals surface area contributed by atoms with Crippen LogP contribution in [-0.4, -0.2) is 32.6 Å². The molecule has 0 bridgehead atoms. The summed E-state index contributed by atoms with van der Waals surface area (Å²) in [7, 11) is 3.45. The summed E-state index contributed by atoms with van der Waals surface area (Å²) in [5.74, 6) is 0.892. The van der Waals surface area contributed by atoms with Crippen molar-refractivity contribution in [3.8, 4) is 22.3 Å². The van der Waals surface area contributed by atoms with E-state index < -0.39 is 0 Å². The zero-order chi connectivity index (χ0) is 26.0. The van der Waals surface area contributed by atoms with Gasteiger partial charge in [0, 0.05) is 84.5 Å². The normalized spacial score (nSPS) is 11.9. The van der Waals surface area contributed by atoms with Gasteiger partial charge < -0.3 is 24.8 Å². The Morgan fingerprint density at radius 1 is 1.08 bits per heavy atom. The average molecular weight is 502 g/mol. The van der Waals surface area contributed by atoms with Crippen molar-refractivity contribution >= 4 is 34.5 Å². The molecule has 8 heteroatoms. The van der Waals surface area contributed by atoms with Crippen molar-refractivity contribution in [2.75, 3.05) is 6.26 Å². The molecule has 0 radical (unpaired) electrons. The maximum atomic E-state index is 13.1. The van der Waals surface area contributed by atoms with Gasteiger partial charge in [-0.1, -0.05) is 24.3 Å². The van der Waals surface area contributed by atoms with E-state index in [-0.39, 0.29) is 17.2 Å². The van der Waals surface area contributed by atoms with E-state index in [9.17, 15) is 9.59 Å². The molecule has 0 amide bonds. The molecule has 0 saturated heterocycles. The number of nitrogens with one attached hydrogen (secondary N) is 3. The molecule has 186 valence electrons. The van der Waals surface area contributed by atoms with Gasteiger partial charge in [0.25, 0.3) is 11.1 Å². The number of allylic oxidation sites excluding steroid dienone is 1. The van der Waals surface area contributed by atoms with Crippen molar-refractivity contribution in [3.05, 3.63) is 87.0 Å². The van der Waals surface area contributed by atoms with Crippen LogP contribution in [0.15, 0.2) is 64.6 Å². The lowest BCUT2D eigenvalue weighted by Crippen LogP contribution is -2.18. The van der Waals surface area contributed by atoms with E-state index in [0.717, 1.165) is 28.0 Å². The van der Waals surface area contributed by atoms with Gasteiger partial charge in [-0.3, -0.25) is 9.59 Å². The fraction of sp³-hybridized carbons (Fsp3) is 0.250. The first-order valence-corrected chi connectivity index (χ1v) is 13.1. The smallest absolute Gasteiger partial charge is 0.274 e. The van der Waals surface area contributed by atoms with Crippen LogP contribution in [0.5, 0.6) is 0 Å². The first kappa shape index (κ1) is 25.3. The maximum Gasteiger partial charge on any atom is 0.274 e.